The van der Waals surface area contributed by atoms with Gasteiger partial charge in [-0.05, 0) is 64.0 Å². The number of hydrazine groups is 1. The summed E-state index contributed by atoms with van der Waals surface area (Å²) in [5.74, 6) is 1.32. The number of fused-ring (bicyclic) bond motifs is 4. The summed E-state index contributed by atoms with van der Waals surface area (Å²) in [5, 5.41) is 7.09. The molecule has 0 amide bonds. The van der Waals surface area contributed by atoms with E-state index < -0.39 is 0 Å². The van der Waals surface area contributed by atoms with Gasteiger partial charge in [0, 0.05) is 25.2 Å². The van der Waals surface area contributed by atoms with E-state index in [1.54, 1.807) is 0 Å². The summed E-state index contributed by atoms with van der Waals surface area (Å²) in [4.78, 5) is 0. The summed E-state index contributed by atoms with van der Waals surface area (Å²) in [5.41, 5.74) is 7.21. The zero-order chi connectivity index (χ0) is 16.4. The van der Waals surface area contributed by atoms with E-state index in [0.29, 0.717) is 42.2 Å². The molecule has 3 heterocycles. The standard InChI is InChI=1S/C18H34N4O2/c1-12-4-5-19-6-7-23-15-8-13(10-20-11-15)18-16-9-14(24-12)2-3-17(16)21-22-18/h12-22H,2-11H2,1H3. The van der Waals surface area contributed by atoms with Gasteiger partial charge in [0.25, 0.3) is 0 Å². The van der Waals surface area contributed by atoms with Gasteiger partial charge in [-0.15, -0.1) is 0 Å². The quantitative estimate of drug-likeness (QED) is 0.513. The van der Waals surface area contributed by atoms with Crippen molar-refractivity contribution in [1.82, 2.24) is 21.5 Å². The van der Waals surface area contributed by atoms with Crippen LogP contribution < -0.4 is 21.5 Å². The molecule has 0 radical (unpaired) electrons. The van der Waals surface area contributed by atoms with Crippen LogP contribution in [0.4, 0.5) is 0 Å². The number of rotatable bonds is 0. The third kappa shape index (κ3) is 3.94. The fourth-order valence-electron chi connectivity index (χ4n) is 5.10. The summed E-state index contributed by atoms with van der Waals surface area (Å²) in [6, 6.07) is 1.16. The summed E-state index contributed by atoms with van der Waals surface area (Å²) in [6.45, 7) is 7.07. The number of ether oxygens (including phenoxy) is 2. The molecule has 7 atom stereocenters. The molecule has 1 saturated carbocycles. The van der Waals surface area contributed by atoms with E-state index in [0.717, 1.165) is 45.6 Å². The highest BCUT2D eigenvalue weighted by Crippen LogP contribution is 2.36. The van der Waals surface area contributed by atoms with E-state index in [9.17, 15) is 0 Å². The molecule has 4 bridgehead atoms. The molecule has 4 fully saturated rings. The molecule has 7 unspecified atom stereocenters. The molecular formula is C18H34N4O2. The summed E-state index contributed by atoms with van der Waals surface area (Å²) < 4.78 is 12.5. The second-order valence-electron chi connectivity index (χ2n) is 8.15. The molecule has 3 saturated heterocycles. The van der Waals surface area contributed by atoms with Crippen molar-refractivity contribution in [3.05, 3.63) is 0 Å². The van der Waals surface area contributed by atoms with Gasteiger partial charge in [0.15, 0.2) is 0 Å². The van der Waals surface area contributed by atoms with E-state index in [2.05, 4.69) is 28.4 Å². The van der Waals surface area contributed by atoms with Crippen molar-refractivity contribution in [2.24, 2.45) is 11.8 Å². The lowest BCUT2D eigenvalue weighted by Crippen LogP contribution is -2.50. The molecule has 6 heteroatoms. The molecule has 0 aromatic carbocycles. The molecule has 24 heavy (non-hydrogen) atoms. The Hall–Kier alpha value is -0.240. The van der Waals surface area contributed by atoms with Crippen LogP contribution in [0.25, 0.3) is 0 Å². The maximum Gasteiger partial charge on any atom is 0.0703 e. The van der Waals surface area contributed by atoms with E-state index >= 15 is 0 Å². The topological polar surface area (TPSA) is 66.6 Å². The van der Waals surface area contributed by atoms with Crippen LogP contribution in [0.2, 0.25) is 0 Å². The Morgan fingerprint density at radius 3 is 2.79 bits per heavy atom. The zero-order valence-corrected chi connectivity index (χ0v) is 14.9. The summed E-state index contributed by atoms with van der Waals surface area (Å²) >= 11 is 0. The highest BCUT2D eigenvalue weighted by molar-refractivity contribution is 5.00. The molecule has 1 aliphatic carbocycles. The van der Waals surface area contributed by atoms with Gasteiger partial charge >= 0.3 is 0 Å². The Kier molecular flexibility index (Phi) is 5.71. The van der Waals surface area contributed by atoms with Crippen LogP contribution in [-0.4, -0.2) is 63.2 Å². The number of nitrogens with one attached hydrogen (secondary N) is 4. The van der Waals surface area contributed by atoms with Gasteiger partial charge in [0.2, 0.25) is 0 Å². The number of hydrogen-bond acceptors (Lipinski definition) is 6. The van der Waals surface area contributed by atoms with Crippen LogP contribution in [0.15, 0.2) is 0 Å². The fourth-order valence-corrected chi connectivity index (χ4v) is 5.10. The Morgan fingerprint density at radius 1 is 0.875 bits per heavy atom. The maximum atomic E-state index is 6.38. The van der Waals surface area contributed by atoms with Gasteiger partial charge in [0.05, 0.1) is 24.9 Å². The van der Waals surface area contributed by atoms with Crippen LogP contribution in [-0.2, 0) is 9.47 Å². The Balaban J connectivity index is 1.46. The highest BCUT2D eigenvalue weighted by atomic mass is 16.5. The molecule has 3 aliphatic heterocycles. The molecule has 6 nitrogen and oxygen atoms in total. The number of piperidine rings is 1. The maximum absolute atomic E-state index is 6.38. The smallest absolute Gasteiger partial charge is 0.0703 e. The number of hydrogen-bond donors (Lipinski definition) is 4. The molecule has 4 N–H and O–H groups in total. The predicted octanol–water partition coefficient (Wildman–Crippen LogP) is 0.393. The minimum absolute atomic E-state index is 0.340. The average Bonchev–Trinajstić information content (AvgIpc) is 3.01. The van der Waals surface area contributed by atoms with Crippen LogP contribution in [0.3, 0.4) is 0 Å². The van der Waals surface area contributed by atoms with Crippen molar-refractivity contribution >= 4 is 0 Å². The first-order chi connectivity index (χ1) is 11.8. The third-order valence-corrected chi connectivity index (χ3v) is 6.39. The lowest BCUT2D eigenvalue weighted by Gasteiger charge is -2.39. The fraction of sp³-hybridized carbons (Fsp3) is 1.00. The van der Waals surface area contributed by atoms with Crippen molar-refractivity contribution in [2.45, 2.75) is 69.4 Å². The Bertz CT molecular complexity index is 410. The second kappa shape index (κ2) is 7.98. The minimum atomic E-state index is 0.340. The molecule has 4 rings (SSSR count). The molecule has 138 valence electrons. The van der Waals surface area contributed by atoms with E-state index in [1.165, 1.54) is 19.3 Å². The van der Waals surface area contributed by atoms with Gasteiger partial charge in [-0.1, -0.05) is 0 Å². The molecule has 0 aromatic rings. The summed E-state index contributed by atoms with van der Waals surface area (Å²) in [7, 11) is 0. The van der Waals surface area contributed by atoms with Crippen molar-refractivity contribution in [3.63, 3.8) is 0 Å². The van der Waals surface area contributed by atoms with Crippen molar-refractivity contribution in [2.75, 3.05) is 32.8 Å². The van der Waals surface area contributed by atoms with Crippen molar-refractivity contribution in [3.8, 4) is 0 Å². The average molecular weight is 338 g/mol. The van der Waals surface area contributed by atoms with Crippen molar-refractivity contribution < 1.29 is 9.47 Å². The molecule has 4 aliphatic rings. The highest BCUT2D eigenvalue weighted by Gasteiger charge is 2.45. The Labute approximate surface area is 145 Å². The van der Waals surface area contributed by atoms with Gasteiger partial charge < -0.3 is 20.1 Å². The SMILES string of the molecule is CC1CCNCCOC2CNCC(C2)C2NNC3CCC(CC32)O1. The summed E-state index contributed by atoms with van der Waals surface area (Å²) in [6.07, 6.45) is 6.97. The largest absolute Gasteiger partial charge is 0.376 e. The second-order valence-corrected chi connectivity index (χ2v) is 8.15. The van der Waals surface area contributed by atoms with Crippen LogP contribution in [0, 0.1) is 11.8 Å². The molecule has 0 spiro atoms. The minimum Gasteiger partial charge on any atom is -0.376 e. The molecular weight excluding hydrogens is 304 g/mol. The van der Waals surface area contributed by atoms with Crippen LogP contribution in [0.5, 0.6) is 0 Å². The first-order valence-electron chi connectivity index (χ1n) is 9.99. The van der Waals surface area contributed by atoms with E-state index in [1.807, 2.05) is 0 Å². The zero-order valence-electron chi connectivity index (χ0n) is 14.9. The first kappa shape index (κ1) is 17.2. The van der Waals surface area contributed by atoms with E-state index in [-0.39, 0.29) is 0 Å². The normalized spacial score (nSPS) is 47.6. The van der Waals surface area contributed by atoms with E-state index in [4.69, 9.17) is 9.47 Å². The van der Waals surface area contributed by atoms with Gasteiger partial charge in [-0.25, -0.2) is 0 Å². The first-order valence-corrected chi connectivity index (χ1v) is 9.99. The van der Waals surface area contributed by atoms with Gasteiger partial charge in [-0.2, -0.15) is 0 Å². The third-order valence-electron chi connectivity index (χ3n) is 6.39. The monoisotopic (exact) mass is 338 g/mol. The van der Waals surface area contributed by atoms with Crippen molar-refractivity contribution in [1.29, 1.82) is 0 Å². The molecule has 0 aromatic heterocycles. The van der Waals surface area contributed by atoms with Crippen LogP contribution >= 0.6 is 0 Å². The lowest BCUT2D eigenvalue weighted by atomic mass is 9.74. The van der Waals surface area contributed by atoms with Gasteiger partial charge in [0.1, 0.15) is 0 Å². The van der Waals surface area contributed by atoms with Gasteiger partial charge in [-0.3, -0.25) is 10.9 Å². The predicted molar refractivity (Wildman–Crippen MR) is 93.7 cm³/mol. The van der Waals surface area contributed by atoms with Crippen LogP contribution in [0.1, 0.15) is 39.0 Å². The Morgan fingerprint density at radius 2 is 1.83 bits per heavy atom. The lowest BCUT2D eigenvalue weighted by molar-refractivity contribution is -0.0406.